The lowest BCUT2D eigenvalue weighted by Crippen LogP contribution is -2.28. The van der Waals surface area contributed by atoms with Crippen molar-refractivity contribution in [3.05, 3.63) is 126 Å². The monoisotopic (exact) mass is 976 g/mol. The van der Waals surface area contributed by atoms with Crippen LogP contribution in [0.4, 0.5) is 0 Å². The van der Waals surface area contributed by atoms with Crippen LogP contribution in [-0.4, -0.2) is 49.4 Å². The van der Waals surface area contributed by atoms with Crippen molar-refractivity contribution in [3.8, 4) is 40.2 Å². The number of aromatic hydroxyl groups is 5. The second kappa shape index (κ2) is 25.5. The molecule has 71 heavy (non-hydrogen) atoms. The SMILES string of the molecule is CCC(C)(C)C(=O)OCc1ccc(O)c(O)c1.CCC(C)(C)C(=O)OCc1ccc(O)cc1.CCC(C)(C)C(=O)Oc1ccc2c(O)cccc2c1.CCC(C)(C)C(=O)Oc1ccc2cc(O)ccc2c1. The van der Waals surface area contributed by atoms with Crippen LogP contribution in [0.5, 0.6) is 40.2 Å². The second-order valence-corrected chi connectivity index (χ2v) is 19.7. The van der Waals surface area contributed by atoms with Crippen LogP contribution in [0, 0.1) is 21.7 Å². The molecule has 6 rings (SSSR count). The lowest BCUT2D eigenvalue weighted by molar-refractivity contribution is -0.156. The van der Waals surface area contributed by atoms with E-state index < -0.39 is 21.7 Å². The van der Waals surface area contributed by atoms with E-state index in [1.165, 1.54) is 12.1 Å². The van der Waals surface area contributed by atoms with Gasteiger partial charge < -0.3 is 44.5 Å². The van der Waals surface area contributed by atoms with E-state index in [1.807, 2.05) is 95.2 Å². The fourth-order valence-corrected chi connectivity index (χ4v) is 5.59. The summed E-state index contributed by atoms with van der Waals surface area (Å²) < 4.78 is 21.2. The van der Waals surface area contributed by atoms with Crippen LogP contribution in [-0.2, 0) is 41.9 Å². The minimum atomic E-state index is -0.501. The molecule has 0 amide bonds. The van der Waals surface area contributed by atoms with Crippen molar-refractivity contribution in [2.24, 2.45) is 21.7 Å². The second-order valence-electron chi connectivity index (χ2n) is 19.7. The molecule has 0 aliphatic carbocycles. The van der Waals surface area contributed by atoms with Crippen LogP contribution in [0.25, 0.3) is 21.5 Å². The highest BCUT2D eigenvalue weighted by Gasteiger charge is 2.30. The number of esters is 4. The predicted octanol–water partition coefficient (Wildman–Crippen LogP) is 13.2. The van der Waals surface area contributed by atoms with Crippen molar-refractivity contribution >= 4 is 45.4 Å². The first kappa shape index (κ1) is 58.0. The highest BCUT2D eigenvalue weighted by Crippen LogP contribution is 2.32. The zero-order valence-electron chi connectivity index (χ0n) is 43.2. The van der Waals surface area contributed by atoms with Crippen LogP contribution in [0.1, 0.15) is 120 Å². The summed E-state index contributed by atoms with van der Waals surface area (Å²) in [5, 5.41) is 50.0. The number of phenolic OH excluding ortho intramolecular Hbond substituents is 5. The van der Waals surface area contributed by atoms with E-state index in [0.29, 0.717) is 23.5 Å². The summed E-state index contributed by atoms with van der Waals surface area (Å²) >= 11 is 0. The van der Waals surface area contributed by atoms with Gasteiger partial charge >= 0.3 is 23.9 Å². The minimum absolute atomic E-state index is 0.0934. The molecular weight excluding hydrogens is 905 g/mol. The maximum Gasteiger partial charge on any atom is 0.316 e. The molecular formula is C58H72O13. The standard InChI is InChI=1S/2C16H18O3.C13H18O4.C13H18O3/c1-4-16(2,3)15(18)19-14-8-6-11-9-13(17)7-5-12(11)10-14;1-4-16(2,3)15(18)19-12-8-9-13-11(10-12)6-5-7-14(13)17;1-4-13(2,3)12(16)17-8-9-5-6-10(14)11(15)7-9;1-4-13(2,3)12(15)16-9-10-5-7-11(14)8-6-10/h2*5-10,17H,4H2,1-3H3;5-7,14-15H,4,8H2,1-3H3;5-8,14H,4,9H2,1-3H3. The Balaban J connectivity index is 0.000000251. The molecule has 6 aromatic rings. The average molecular weight is 977 g/mol. The highest BCUT2D eigenvalue weighted by molar-refractivity contribution is 5.90. The van der Waals surface area contributed by atoms with Crippen LogP contribution in [0.15, 0.2) is 115 Å². The number of fused-ring (bicyclic) bond motifs is 2. The number of hydrogen-bond acceptors (Lipinski definition) is 13. The van der Waals surface area contributed by atoms with Crippen molar-refractivity contribution in [2.75, 3.05) is 0 Å². The topological polar surface area (TPSA) is 206 Å². The molecule has 0 radical (unpaired) electrons. The molecule has 0 bridgehead atoms. The summed E-state index contributed by atoms with van der Waals surface area (Å²) in [7, 11) is 0. The quantitative estimate of drug-likeness (QED) is 0.0392. The molecule has 382 valence electrons. The van der Waals surface area contributed by atoms with E-state index in [4.69, 9.17) is 29.2 Å². The summed E-state index contributed by atoms with van der Waals surface area (Å²) in [6.07, 6.45) is 2.90. The van der Waals surface area contributed by atoms with Gasteiger partial charge in [-0.3, -0.25) is 19.2 Å². The van der Waals surface area contributed by atoms with Gasteiger partial charge in [-0.15, -0.1) is 0 Å². The summed E-state index contributed by atoms with van der Waals surface area (Å²) in [6, 6.07) is 31.9. The fraction of sp³-hybridized carbons (Fsp3) is 0.379. The lowest BCUT2D eigenvalue weighted by atomic mass is 9.91. The number of hydrogen-bond donors (Lipinski definition) is 5. The van der Waals surface area contributed by atoms with Crippen molar-refractivity contribution in [2.45, 2.75) is 122 Å². The number of rotatable bonds is 14. The van der Waals surface area contributed by atoms with Gasteiger partial charge in [0.25, 0.3) is 0 Å². The fourth-order valence-electron chi connectivity index (χ4n) is 5.59. The normalized spacial score (nSPS) is 11.4. The number of ether oxygens (including phenoxy) is 4. The van der Waals surface area contributed by atoms with E-state index in [9.17, 15) is 34.5 Å². The zero-order valence-corrected chi connectivity index (χ0v) is 43.2. The van der Waals surface area contributed by atoms with Gasteiger partial charge in [0, 0.05) is 5.39 Å². The minimum Gasteiger partial charge on any atom is -0.508 e. The molecule has 0 spiro atoms. The first-order chi connectivity index (χ1) is 33.2. The number of phenols is 5. The Bertz CT molecular complexity index is 2730. The van der Waals surface area contributed by atoms with Gasteiger partial charge in [-0.25, -0.2) is 0 Å². The first-order valence-corrected chi connectivity index (χ1v) is 23.7. The molecule has 13 nitrogen and oxygen atoms in total. The van der Waals surface area contributed by atoms with E-state index >= 15 is 0 Å². The largest absolute Gasteiger partial charge is 0.508 e. The van der Waals surface area contributed by atoms with Crippen LogP contribution in [0.3, 0.4) is 0 Å². The lowest BCUT2D eigenvalue weighted by Gasteiger charge is -2.20. The molecule has 0 fully saturated rings. The van der Waals surface area contributed by atoms with Crippen molar-refractivity contribution < 1.29 is 63.7 Å². The van der Waals surface area contributed by atoms with Gasteiger partial charge in [0.15, 0.2) is 11.5 Å². The van der Waals surface area contributed by atoms with E-state index in [2.05, 4.69) is 0 Å². The zero-order chi connectivity index (χ0) is 53.3. The Labute approximate surface area is 418 Å². The number of carbonyl (C=O) groups is 4. The molecule has 0 saturated carbocycles. The molecule has 0 unspecified atom stereocenters. The van der Waals surface area contributed by atoms with Gasteiger partial charge in [0.2, 0.25) is 0 Å². The highest BCUT2D eigenvalue weighted by atomic mass is 16.5. The molecule has 0 atom stereocenters. The van der Waals surface area contributed by atoms with Crippen molar-refractivity contribution in [1.82, 2.24) is 0 Å². The maximum atomic E-state index is 12.0. The smallest absolute Gasteiger partial charge is 0.316 e. The third kappa shape index (κ3) is 17.6. The molecule has 0 aromatic heterocycles. The van der Waals surface area contributed by atoms with Crippen LogP contribution < -0.4 is 9.47 Å². The third-order valence-electron chi connectivity index (χ3n) is 12.5. The molecule has 0 heterocycles. The summed E-state index contributed by atoms with van der Waals surface area (Å²) in [5.41, 5.74) is -0.397. The van der Waals surface area contributed by atoms with Gasteiger partial charge in [-0.1, -0.05) is 70.2 Å². The molecule has 0 aliphatic rings. The van der Waals surface area contributed by atoms with Crippen molar-refractivity contribution in [1.29, 1.82) is 0 Å². The van der Waals surface area contributed by atoms with Gasteiger partial charge in [-0.05, 0) is 181 Å². The van der Waals surface area contributed by atoms with E-state index in [1.54, 1.807) is 91.0 Å². The van der Waals surface area contributed by atoms with E-state index in [-0.39, 0.29) is 65.8 Å². The Hall–Kier alpha value is -7.28. The Morgan fingerprint density at radius 2 is 0.817 bits per heavy atom. The molecule has 0 saturated heterocycles. The number of carbonyl (C=O) groups excluding carboxylic acids is 4. The maximum absolute atomic E-state index is 12.0. The molecule has 5 N–H and O–H groups in total. The first-order valence-electron chi connectivity index (χ1n) is 23.7. The van der Waals surface area contributed by atoms with Crippen LogP contribution in [0.2, 0.25) is 0 Å². The summed E-state index contributed by atoms with van der Waals surface area (Å²) in [6.45, 7) is 23.0. The average Bonchev–Trinajstić information content (AvgIpc) is 3.34. The van der Waals surface area contributed by atoms with Crippen molar-refractivity contribution in [3.63, 3.8) is 0 Å². The molecule has 6 aromatic carbocycles. The van der Waals surface area contributed by atoms with E-state index in [0.717, 1.165) is 46.4 Å². The molecule has 0 aliphatic heterocycles. The Morgan fingerprint density at radius 1 is 0.394 bits per heavy atom. The van der Waals surface area contributed by atoms with Crippen LogP contribution >= 0.6 is 0 Å². The summed E-state index contributed by atoms with van der Waals surface area (Å²) in [5.74, 6) is 0.368. The molecule has 13 heteroatoms. The van der Waals surface area contributed by atoms with Gasteiger partial charge in [0.1, 0.15) is 42.0 Å². The predicted molar refractivity (Wildman–Crippen MR) is 276 cm³/mol. The van der Waals surface area contributed by atoms with Gasteiger partial charge in [-0.2, -0.15) is 0 Å². The van der Waals surface area contributed by atoms with Gasteiger partial charge in [0.05, 0.1) is 21.7 Å². The summed E-state index contributed by atoms with van der Waals surface area (Å²) in [4.78, 5) is 47.3. The Kier molecular flexibility index (Phi) is 20.9. The number of benzene rings is 6. The third-order valence-corrected chi connectivity index (χ3v) is 12.5. The Morgan fingerprint density at radius 3 is 1.32 bits per heavy atom.